The standard InChI is InChI=1S/C16H15NO3S/c18-15(13-8-4-5-9-14(13)16(19)20)17-10-11-21-12-6-2-1-3-7-12/h1-9H,10-11H2,(H,17,18)(H,19,20). The van der Waals surface area contributed by atoms with Crippen LogP contribution in [0.25, 0.3) is 0 Å². The second kappa shape index (κ2) is 7.50. The van der Waals surface area contributed by atoms with E-state index < -0.39 is 5.97 Å². The third-order valence-corrected chi connectivity index (χ3v) is 3.82. The van der Waals surface area contributed by atoms with Gasteiger partial charge in [0.05, 0.1) is 11.1 Å². The molecule has 108 valence electrons. The van der Waals surface area contributed by atoms with Crippen molar-refractivity contribution in [1.29, 1.82) is 0 Å². The highest BCUT2D eigenvalue weighted by molar-refractivity contribution is 7.99. The van der Waals surface area contributed by atoms with E-state index in [2.05, 4.69) is 5.32 Å². The molecule has 0 saturated carbocycles. The molecule has 5 heteroatoms. The Morgan fingerprint density at radius 3 is 2.24 bits per heavy atom. The minimum absolute atomic E-state index is 0.0192. The molecule has 0 fully saturated rings. The zero-order valence-corrected chi connectivity index (χ0v) is 12.1. The number of thioether (sulfide) groups is 1. The van der Waals surface area contributed by atoms with Gasteiger partial charge >= 0.3 is 5.97 Å². The van der Waals surface area contributed by atoms with Crippen molar-refractivity contribution in [3.05, 3.63) is 65.7 Å². The summed E-state index contributed by atoms with van der Waals surface area (Å²) in [5, 5.41) is 11.8. The number of carbonyl (C=O) groups is 2. The third kappa shape index (κ3) is 4.36. The van der Waals surface area contributed by atoms with Crippen LogP contribution in [-0.2, 0) is 0 Å². The van der Waals surface area contributed by atoms with Crippen LogP contribution < -0.4 is 5.32 Å². The highest BCUT2D eigenvalue weighted by Crippen LogP contribution is 2.16. The largest absolute Gasteiger partial charge is 0.478 e. The summed E-state index contributed by atoms with van der Waals surface area (Å²) in [6.45, 7) is 0.479. The third-order valence-electron chi connectivity index (χ3n) is 2.80. The number of amides is 1. The van der Waals surface area contributed by atoms with Crippen LogP contribution in [-0.4, -0.2) is 29.3 Å². The lowest BCUT2D eigenvalue weighted by atomic mass is 10.1. The Bertz CT molecular complexity index is 628. The first-order valence-corrected chi connectivity index (χ1v) is 7.45. The molecule has 0 aromatic heterocycles. The molecule has 2 aromatic carbocycles. The van der Waals surface area contributed by atoms with Crippen LogP contribution in [0.1, 0.15) is 20.7 Å². The van der Waals surface area contributed by atoms with Gasteiger partial charge in [0.2, 0.25) is 0 Å². The van der Waals surface area contributed by atoms with Crippen LogP contribution in [0.3, 0.4) is 0 Å². The van der Waals surface area contributed by atoms with E-state index in [4.69, 9.17) is 5.11 Å². The molecule has 0 atom stereocenters. The van der Waals surface area contributed by atoms with E-state index in [1.54, 1.807) is 23.9 Å². The monoisotopic (exact) mass is 301 g/mol. The van der Waals surface area contributed by atoms with Crippen molar-refractivity contribution < 1.29 is 14.7 Å². The van der Waals surface area contributed by atoms with Gasteiger partial charge < -0.3 is 10.4 Å². The number of nitrogens with one attached hydrogen (secondary N) is 1. The van der Waals surface area contributed by atoms with E-state index in [1.807, 2.05) is 30.3 Å². The minimum atomic E-state index is -1.10. The molecule has 0 heterocycles. The smallest absolute Gasteiger partial charge is 0.336 e. The highest BCUT2D eigenvalue weighted by Gasteiger charge is 2.14. The van der Waals surface area contributed by atoms with Crippen molar-refractivity contribution in [2.24, 2.45) is 0 Å². The summed E-state index contributed by atoms with van der Waals surface area (Å²) in [5.74, 6) is -0.730. The van der Waals surface area contributed by atoms with Gasteiger partial charge in [0, 0.05) is 17.2 Å². The average molecular weight is 301 g/mol. The molecule has 2 N–H and O–H groups in total. The van der Waals surface area contributed by atoms with Gasteiger partial charge in [-0.15, -0.1) is 11.8 Å². The lowest BCUT2D eigenvalue weighted by Gasteiger charge is -2.07. The summed E-state index contributed by atoms with van der Waals surface area (Å²) < 4.78 is 0. The molecule has 0 spiro atoms. The van der Waals surface area contributed by atoms with Crippen LogP contribution in [0.5, 0.6) is 0 Å². The van der Waals surface area contributed by atoms with Crippen LogP contribution in [0.15, 0.2) is 59.5 Å². The molecule has 0 bridgehead atoms. The van der Waals surface area contributed by atoms with Gasteiger partial charge in [0.25, 0.3) is 5.91 Å². The summed E-state index contributed by atoms with van der Waals surface area (Å²) >= 11 is 1.64. The predicted octanol–water partition coefficient (Wildman–Crippen LogP) is 2.91. The Balaban J connectivity index is 1.86. The fourth-order valence-electron chi connectivity index (χ4n) is 1.81. The van der Waals surface area contributed by atoms with E-state index in [9.17, 15) is 9.59 Å². The number of carboxylic acid groups (broad SMARTS) is 1. The highest BCUT2D eigenvalue weighted by atomic mass is 32.2. The van der Waals surface area contributed by atoms with Gasteiger partial charge in [-0.2, -0.15) is 0 Å². The molecule has 0 aliphatic heterocycles. The van der Waals surface area contributed by atoms with Gasteiger partial charge in [0.15, 0.2) is 0 Å². The Labute approximate surface area is 127 Å². The van der Waals surface area contributed by atoms with E-state index in [1.165, 1.54) is 12.1 Å². The van der Waals surface area contributed by atoms with Gasteiger partial charge in [-0.25, -0.2) is 4.79 Å². The van der Waals surface area contributed by atoms with Crippen molar-refractivity contribution in [3.63, 3.8) is 0 Å². The number of hydrogen-bond donors (Lipinski definition) is 2. The second-order valence-corrected chi connectivity index (χ2v) is 5.44. The van der Waals surface area contributed by atoms with E-state index in [-0.39, 0.29) is 17.0 Å². The summed E-state index contributed by atoms with van der Waals surface area (Å²) in [6, 6.07) is 16.1. The zero-order valence-electron chi connectivity index (χ0n) is 11.3. The molecular formula is C16H15NO3S. The Morgan fingerprint density at radius 2 is 1.57 bits per heavy atom. The molecule has 0 unspecified atom stereocenters. The maximum absolute atomic E-state index is 12.0. The van der Waals surface area contributed by atoms with Crippen LogP contribution >= 0.6 is 11.8 Å². The van der Waals surface area contributed by atoms with Gasteiger partial charge in [-0.05, 0) is 24.3 Å². The number of benzene rings is 2. The maximum Gasteiger partial charge on any atom is 0.336 e. The van der Waals surface area contributed by atoms with E-state index in [0.29, 0.717) is 6.54 Å². The zero-order chi connectivity index (χ0) is 15.1. The molecule has 21 heavy (non-hydrogen) atoms. The van der Waals surface area contributed by atoms with Gasteiger partial charge in [-0.1, -0.05) is 30.3 Å². The van der Waals surface area contributed by atoms with Crippen LogP contribution in [0, 0.1) is 0 Å². The minimum Gasteiger partial charge on any atom is -0.478 e. The SMILES string of the molecule is O=C(O)c1ccccc1C(=O)NCCSc1ccccc1. The number of carbonyl (C=O) groups excluding carboxylic acids is 1. The van der Waals surface area contributed by atoms with Crippen LogP contribution in [0.2, 0.25) is 0 Å². The first-order valence-electron chi connectivity index (χ1n) is 6.47. The lowest BCUT2D eigenvalue weighted by molar-refractivity contribution is 0.0691. The molecule has 0 aliphatic carbocycles. The molecule has 4 nitrogen and oxygen atoms in total. The molecule has 1 amide bonds. The topological polar surface area (TPSA) is 66.4 Å². The van der Waals surface area contributed by atoms with Crippen molar-refractivity contribution in [3.8, 4) is 0 Å². The van der Waals surface area contributed by atoms with Crippen molar-refractivity contribution in [2.45, 2.75) is 4.90 Å². The Hall–Kier alpha value is -2.27. The lowest BCUT2D eigenvalue weighted by Crippen LogP contribution is -2.27. The van der Waals surface area contributed by atoms with Gasteiger partial charge in [0.1, 0.15) is 0 Å². The normalized spacial score (nSPS) is 10.1. The number of aromatic carboxylic acids is 1. The maximum atomic E-state index is 12.0. The summed E-state index contributed by atoms with van der Waals surface area (Å²) in [6.07, 6.45) is 0. The Kier molecular flexibility index (Phi) is 5.40. The summed E-state index contributed by atoms with van der Waals surface area (Å²) in [5.41, 5.74) is 0.209. The predicted molar refractivity (Wildman–Crippen MR) is 82.9 cm³/mol. The number of rotatable bonds is 6. The molecule has 0 aliphatic rings. The average Bonchev–Trinajstić information content (AvgIpc) is 2.52. The molecule has 0 radical (unpaired) electrons. The van der Waals surface area contributed by atoms with Gasteiger partial charge in [-0.3, -0.25) is 4.79 Å². The fraction of sp³-hybridized carbons (Fsp3) is 0.125. The first-order chi connectivity index (χ1) is 10.2. The van der Waals surface area contributed by atoms with Crippen molar-refractivity contribution >= 4 is 23.6 Å². The quantitative estimate of drug-likeness (QED) is 0.636. The second-order valence-electron chi connectivity index (χ2n) is 4.27. The fourth-order valence-corrected chi connectivity index (χ4v) is 2.60. The van der Waals surface area contributed by atoms with E-state index in [0.717, 1.165) is 10.6 Å². The van der Waals surface area contributed by atoms with E-state index >= 15 is 0 Å². The molecule has 2 rings (SSSR count). The Morgan fingerprint density at radius 1 is 0.952 bits per heavy atom. The van der Waals surface area contributed by atoms with Crippen molar-refractivity contribution in [2.75, 3.05) is 12.3 Å². The van der Waals surface area contributed by atoms with Crippen molar-refractivity contribution in [1.82, 2.24) is 5.32 Å². The molecular weight excluding hydrogens is 286 g/mol. The molecule has 0 saturated heterocycles. The summed E-state index contributed by atoms with van der Waals surface area (Å²) in [4.78, 5) is 24.2. The number of carboxylic acids is 1. The summed E-state index contributed by atoms with van der Waals surface area (Å²) in [7, 11) is 0. The number of hydrogen-bond acceptors (Lipinski definition) is 3. The first kappa shape index (κ1) is 15.1. The molecule has 2 aromatic rings. The van der Waals surface area contributed by atoms with Crippen LogP contribution in [0.4, 0.5) is 0 Å².